The average Bonchev–Trinajstić information content (AvgIpc) is 2.50. The molecule has 1 atom stereocenters. The summed E-state index contributed by atoms with van der Waals surface area (Å²) in [6.45, 7) is 0. The van der Waals surface area contributed by atoms with Crippen molar-refractivity contribution in [1.82, 2.24) is 0 Å². The first-order valence-electron chi connectivity index (χ1n) is 6.40. The summed E-state index contributed by atoms with van der Waals surface area (Å²) in [5.41, 5.74) is 1.17. The normalized spacial score (nSPS) is 10.0. The van der Waals surface area contributed by atoms with Crippen molar-refractivity contribution < 1.29 is 26.9 Å². The minimum absolute atomic E-state index is 0.233. The molecule has 7 heteroatoms. The summed E-state index contributed by atoms with van der Waals surface area (Å²) in [6, 6.07) is 13.8. The van der Waals surface area contributed by atoms with Crippen LogP contribution in [0, 0.1) is 0 Å². The fourth-order valence-corrected chi connectivity index (χ4v) is 3.23. The number of nitrogens with zero attached hydrogens (tertiary/aromatic N) is 1. The molecule has 1 N–H and O–H groups in total. The van der Waals surface area contributed by atoms with E-state index < -0.39 is 17.0 Å². The Balaban J connectivity index is 0.000000745. The van der Waals surface area contributed by atoms with Gasteiger partial charge in [-0.05, 0) is 12.1 Å². The molecule has 0 fully saturated rings. The number of phenolic OH excluding ortho intramolecular Hbond substituents is 1. The van der Waals surface area contributed by atoms with E-state index in [-0.39, 0.29) is 5.75 Å². The van der Waals surface area contributed by atoms with Crippen LogP contribution in [0.5, 0.6) is 11.5 Å². The number of rotatable bonds is 4. The van der Waals surface area contributed by atoms with Gasteiger partial charge in [-0.25, -0.2) is 0 Å². The zero-order valence-corrected chi connectivity index (χ0v) is 16.7. The van der Waals surface area contributed by atoms with E-state index >= 15 is 0 Å². The third-order valence-corrected chi connectivity index (χ3v) is 4.24. The summed E-state index contributed by atoms with van der Waals surface area (Å²) in [5.74, 6) is 0.754. The average molecular weight is 394 g/mol. The Morgan fingerprint density at radius 2 is 1.64 bits per heavy atom. The first-order chi connectivity index (χ1) is 10.5. The second-order valence-electron chi connectivity index (χ2n) is 4.46. The topological polar surface area (TPSA) is 32.7 Å². The predicted molar refractivity (Wildman–Crippen MR) is 94.7 cm³/mol. The zero-order chi connectivity index (χ0) is 16.5. The third kappa shape index (κ3) is 5.64. The number of hydrogen-bond acceptors (Lipinski definition) is 3. The number of hydrogen-bond donors (Lipinski definition) is 1. The molecule has 0 amide bonds. The van der Waals surface area contributed by atoms with Gasteiger partial charge in [-0.3, -0.25) is 0 Å². The van der Waals surface area contributed by atoms with Gasteiger partial charge in [-0.1, -0.05) is 38.9 Å². The van der Waals surface area contributed by atoms with Crippen molar-refractivity contribution in [2.75, 3.05) is 26.1 Å². The van der Waals surface area contributed by atoms with Crippen LogP contribution in [0.4, 0.5) is 5.69 Å². The zero-order valence-electron chi connectivity index (χ0n) is 12.6. The van der Waals surface area contributed by atoms with Crippen LogP contribution in [-0.4, -0.2) is 26.3 Å². The van der Waals surface area contributed by atoms with Crippen LogP contribution < -0.4 is 20.2 Å². The van der Waals surface area contributed by atoms with Crippen LogP contribution in [0.25, 0.3) is 0 Å². The van der Waals surface area contributed by atoms with Gasteiger partial charge in [0.05, 0.1) is 7.11 Å². The second kappa shape index (κ2) is 10.4. The summed E-state index contributed by atoms with van der Waals surface area (Å²) in [5, 5.41) is 12.2. The molecule has 0 spiro atoms. The molecule has 2 rings (SSSR count). The molecule has 22 heavy (non-hydrogen) atoms. The molecule has 0 aliphatic rings. The Kier molecular flexibility index (Phi) is 9.23. The van der Waals surface area contributed by atoms with Gasteiger partial charge in [0.15, 0.2) is 11.5 Å². The molecule has 0 aliphatic heterocycles. The van der Waals surface area contributed by atoms with E-state index in [1.54, 1.807) is 13.2 Å². The molecule has 118 valence electrons. The number of halogens is 2. The second-order valence-corrected chi connectivity index (χ2v) is 8.37. The molecular formula is C15H18Cl2NO2PTi. The van der Waals surface area contributed by atoms with Gasteiger partial charge in [0, 0.05) is 30.4 Å². The van der Waals surface area contributed by atoms with Gasteiger partial charge in [0.25, 0.3) is 0 Å². The van der Waals surface area contributed by atoms with Crippen molar-refractivity contribution in [1.29, 1.82) is 0 Å². The van der Waals surface area contributed by atoms with E-state index in [9.17, 15) is 5.11 Å². The Hall–Kier alpha value is -0.436. The van der Waals surface area contributed by atoms with E-state index in [2.05, 4.69) is 17.0 Å². The SMILES string of the molecule is COc1cccc(Pc2ccccc2N(C)C)c1O.[Cl][Ti][Cl]. The molecule has 0 saturated heterocycles. The quantitative estimate of drug-likeness (QED) is 0.637. The number of aromatic hydroxyl groups is 1. The molecule has 0 saturated carbocycles. The molecule has 1 unspecified atom stereocenters. The van der Waals surface area contributed by atoms with Gasteiger partial charge in [0.1, 0.15) is 0 Å². The summed E-state index contributed by atoms with van der Waals surface area (Å²) in [6.07, 6.45) is 0. The molecule has 0 bridgehead atoms. The van der Waals surface area contributed by atoms with Crippen molar-refractivity contribution in [3.63, 3.8) is 0 Å². The van der Waals surface area contributed by atoms with Crippen LogP contribution in [0.1, 0.15) is 0 Å². The molecular weight excluding hydrogens is 376 g/mol. The van der Waals surface area contributed by atoms with Crippen molar-refractivity contribution in [3.05, 3.63) is 42.5 Å². The van der Waals surface area contributed by atoms with Gasteiger partial charge in [0.2, 0.25) is 0 Å². The summed E-state index contributed by atoms with van der Waals surface area (Å²) in [7, 11) is 15.8. The maximum absolute atomic E-state index is 10.1. The monoisotopic (exact) mass is 393 g/mol. The molecule has 0 aromatic heterocycles. The van der Waals surface area contributed by atoms with Crippen molar-refractivity contribution in [2.45, 2.75) is 0 Å². The fraction of sp³-hybridized carbons (Fsp3) is 0.200. The van der Waals surface area contributed by atoms with Crippen LogP contribution in [-0.2, 0) is 17.0 Å². The van der Waals surface area contributed by atoms with Crippen LogP contribution in [0.15, 0.2) is 42.5 Å². The van der Waals surface area contributed by atoms with Crippen LogP contribution in [0.2, 0.25) is 0 Å². The number of anilines is 1. The van der Waals surface area contributed by atoms with Gasteiger partial charge in [-0.15, -0.1) is 0 Å². The van der Waals surface area contributed by atoms with Crippen LogP contribution >= 0.6 is 27.2 Å². The van der Waals surface area contributed by atoms with Crippen LogP contribution in [0.3, 0.4) is 0 Å². The van der Waals surface area contributed by atoms with E-state index in [1.165, 1.54) is 11.0 Å². The van der Waals surface area contributed by atoms with Gasteiger partial charge >= 0.3 is 35.6 Å². The predicted octanol–water partition coefficient (Wildman–Crippen LogP) is 3.47. The van der Waals surface area contributed by atoms with Crippen molar-refractivity contribution in [3.8, 4) is 11.5 Å². The fourth-order valence-electron chi connectivity index (χ4n) is 1.90. The van der Waals surface area contributed by atoms with Gasteiger partial charge in [-0.2, -0.15) is 0 Å². The van der Waals surface area contributed by atoms with E-state index in [0.717, 1.165) is 5.30 Å². The third-order valence-electron chi connectivity index (χ3n) is 2.87. The number of ether oxygens (including phenoxy) is 1. The number of benzene rings is 2. The number of phenols is 1. The van der Waals surface area contributed by atoms with Crippen molar-refractivity contribution >= 4 is 43.5 Å². The number of methoxy groups -OCH3 is 1. The summed E-state index contributed by atoms with van der Waals surface area (Å²) < 4.78 is 5.15. The van der Waals surface area contributed by atoms with Crippen molar-refractivity contribution in [2.24, 2.45) is 0 Å². The maximum atomic E-state index is 10.1. The molecule has 2 aromatic carbocycles. The Bertz CT molecular complexity index is 600. The minimum atomic E-state index is -0.556. The first kappa shape index (κ1) is 19.6. The van der Waals surface area contributed by atoms with Gasteiger partial charge < -0.3 is 14.7 Å². The molecule has 3 nitrogen and oxygen atoms in total. The molecule has 0 aliphatic carbocycles. The summed E-state index contributed by atoms with van der Waals surface area (Å²) in [4.78, 5) is 2.08. The summed E-state index contributed by atoms with van der Waals surface area (Å²) >= 11 is -0.556. The molecule has 0 radical (unpaired) electrons. The Morgan fingerprint density at radius 3 is 2.23 bits per heavy atom. The van der Waals surface area contributed by atoms with E-state index in [1.807, 2.05) is 38.4 Å². The first-order valence-corrected chi connectivity index (χ1v) is 11.7. The molecule has 0 heterocycles. The van der Waals surface area contributed by atoms with E-state index in [4.69, 9.17) is 23.3 Å². The Morgan fingerprint density at radius 1 is 1.05 bits per heavy atom. The van der Waals surface area contributed by atoms with E-state index in [0.29, 0.717) is 14.3 Å². The standard InChI is InChI=1S/C15H18NO2P.2ClH.Ti/c1-16(2)11-7-4-5-9-13(11)19-14-10-6-8-12(18-3)15(14)17;;;/h4-10,17,19H,1-3H3;2*1H;/q;;;+2/p-2. The Labute approximate surface area is 150 Å². The molecule has 2 aromatic rings. The number of para-hydroxylation sites is 2.